The van der Waals surface area contributed by atoms with Crippen LogP contribution in [0.5, 0.6) is 0 Å². The number of hydrogen-bond donors (Lipinski definition) is 2. The number of alkyl halides is 3. The summed E-state index contributed by atoms with van der Waals surface area (Å²) in [5.74, 6) is -1.05. The molecule has 0 aliphatic rings. The molecule has 2 N–H and O–H groups in total. The Hall–Kier alpha value is -2.28. The lowest BCUT2D eigenvalue weighted by molar-refractivity contribution is -0.137. The molecule has 0 heterocycles. The number of carbonyl (C=O) groups is 1. The van der Waals surface area contributed by atoms with Gasteiger partial charge in [0.05, 0.1) is 17.1 Å². The molecular weight excluding hydrogens is 336 g/mol. The minimum Gasteiger partial charge on any atom is -0.376 e. The Bertz CT molecular complexity index is 719. The Balaban J connectivity index is 2.00. The molecule has 1 amide bonds. The van der Waals surface area contributed by atoms with E-state index in [1.807, 2.05) is 0 Å². The summed E-state index contributed by atoms with van der Waals surface area (Å²) >= 11 is 5.49. The quantitative estimate of drug-likeness (QED) is 0.797. The molecule has 2 aromatic rings. The van der Waals surface area contributed by atoms with E-state index in [2.05, 4.69) is 10.6 Å². The van der Waals surface area contributed by atoms with E-state index in [0.29, 0.717) is 5.69 Å². The number of benzene rings is 2. The molecule has 122 valence electrons. The van der Waals surface area contributed by atoms with Crippen molar-refractivity contribution in [2.75, 3.05) is 17.2 Å². The van der Waals surface area contributed by atoms with E-state index in [9.17, 15) is 22.4 Å². The predicted molar refractivity (Wildman–Crippen MR) is 80.0 cm³/mol. The molecule has 0 bridgehead atoms. The maximum absolute atomic E-state index is 13.0. The van der Waals surface area contributed by atoms with Crippen LogP contribution in [0.3, 0.4) is 0 Å². The highest BCUT2D eigenvalue weighted by Crippen LogP contribution is 2.36. The summed E-state index contributed by atoms with van der Waals surface area (Å²) in [5.41, 5.74) is -0.685. The van der Waals surface area contributed by atoms with Crippen LogP contribution in [0.25, 0.3) is 0 Å². The first-order valence-corrected chi connectivity index (χ1v) is 6.79. The minimum absolute atomic E-state index is 0.0345. The topological polar surface area (TPSA) is 41.1 Å². The lowest BCUT2D eigenvalue weighted by Gasteiger charge is -2.12. The van der Waals surface area contributed by atoms with E-state index in [-0.39, 0.29) is 12.2 Å². The third-order valence-electron chi connectivity index (χ3n) is 2.83. The molecule has 0 saturated heterocycles. The average Bonchev–Trinajstić information content (AvgIpc) is 2.46. The molecule has 0 aromatic heterocycles. The van der Waals surface area contributed by atoms with Gasteiger partial charge in [0.1, 0.15) is 5.82 Å². The second-order valence-corrected chi connectivity index (χ2v) is 5.01. The van der Waals surface area contributed by atoms with Crippen molar-refractivity contribution >= 4 is 28.9 Å². The molecule has 0 spiro atoms. The zero-order valence-corrected chi connectivity index (χ0v) is 12.3. The molecule has 0 atom stereocenters. The van der Waals surface area contributed by atoms with Crippen LogP contribution in [-0.4, -0.2) is 12.5 Å². The number of anilines is 2. The first-order chi connectivity index (χ1) is 10.8. The van der Waals surface area contributed by atoms with Gasteiger partial charge >= 0.3 is 6.18 Å². The SMILES string of the molecule is O=C(CNc1cccc(F)c1)Nc1ccc(Cl)c(C(F)(F)F)c1. The Morgan fingerprint density at radius 2 is 1.83 bits per heavy atom. The highest BCUT2D eigenvalue weighted by Gasteiger charge is 2.33. The Morgan fingerprint density at radius 1 is 1.09 bits per heavy atom. The van der Waals surface area contributed by atoms with Gasteiger partial charge in [-0.3, -0.25) is 4.79 Å². The van der Waals surface area contributed by atoms with Crippen LogP contribution < -0.4 is 10.6 Å². The van der Waals surface area contributed by atoms with Crippen molar-refractivity contribution in [3.63, 3.8) is 0 Å². The lowest BCUT2D eigenvalue weighted by Crippen LogP contribution is -2.22. The normalized spacial score (nSPS) is 11.2. The summed E-state index contributed by atoms with van der Waals surface area (Å²) in [5, 5.41) is 4.52. The Morgan fingerprint density at radius 3 is 2.48 bits per heavy atom. The third-order valence-corrected chi connectivity index (χ3v) is 3.16. The summed E-state index contributed by atoms with van der Waals surface area (Å²) in [6.07, 6.45) is -4.61. The van der Waals surface area contributed by atoms with Gasteiger partial charge in [-0.2, -0.15) is 13.2 Å². The van der Waals surface area contributed by atoms with Crippen LogP contribution in [0.4, 0.5) is 28.9 Å². The van der Waals surface area contributed by atoms with Gasteiger partial charge in [-0.15, -0.1) is 0 Å². The van der Waals surface area contributed by atoms with Crippen molar-refractivity contribution < 1.29 is 22.4 Å². The summed E-state index contributed by atoms with van der Waals surface area (Å²) in [6.45, 7) is -0.229. The zero-order chi connectivity index (χ0) is 17.0. The van der Waals surface area contributed by atoms with Crippen LogP contribution >= 0.6 is 11.6 Å². The van der Waals surface area contributed by atoms with Crippen molar-refractivity contribution in [3.8, 4) is 0 Å². The maximum atomic E-state index is 13.0. The first-order valence-electron chi connectivity index (χ1n) is 6.42. The van der Waals surface area contributed by atoms with Crippen LogP contribution in [0.15, 0.2) is 42.5 Å². The van der Waals surface area contributed by atoms with Crippen LogP contribution in [0.1, 0.15) is 5.56 Å². The highest BCUT2D eigenvalue weighted by molar-refractivity contribution is 6.31. The van der Waals surface area contributed by atoms with Crippen molar-refractivity contribution in [1.82, 2.24) is 0 Å². The van der Waals surface area contributed by atoms with Crippen LogP contribution in [0, 0.1) is 5.82 Å². The second kappa shape index (κ2) is 6.87. The van der Waals surface area contributed by atoms with Gasteiger partial charge in [0.15, 0.2) is 0 Å². The maximum Gasteiger partial charge on any atom is 0.417 e. The molecule has 0 aliphatic carbocycles. The summed E-state index contributed by atoms with van der Waals surface area (Å²) in [4.78, 5) is 11.7. The van der Waals surface area contributed by atoms with Gasteiger partial charge in [0.2, 0.25) is 5.91 Å². The monoisotopic (exact) mass is 346 g/mol. The fraction of sp³-hybridized carbons (Fsp3) is 0.133. The van der Waals surface area contributed by atoms with Crippen molar-refractivity contribution in [3.05, 3.63) is 58.9 Å². The predicted octanol–water partition coefficient (Wildman–Crippen LogP) is 4.55. The first kappa shape index (κ1) is 17.1. The summed E-state index contributed by atoms with van der Waals surface area (Å²) < 4.78 is 51.2. The standard InChI is InChI=1S/C15H11ClF4N2O/c16-13-5-4-11(7-12(13)15(18,19)20)22-14(23)8-21-10-3-1-2-9(17)6-10/h1-7,21H,8H2,(H,22,23). The van der Waals surface area contributed by atoms with Crippen molar-refractivity contribution in [1.29, 1.82) is 0 Å². The van der Waals surface area contributed by atoms with Gasteiger partial charge in [-0.1, -0.05) is 17.7 Å². The van der Waals surface area contributed by atoms with Gasteiger partial charge in [0, 0.05) is 11.4 Å². The molecule has 3 nitrogen and oxygen atoms in total. The number of nitrogens with one attached hydrogen (secondary N) is 2. The molecule has 0 saturated carbocycles. The fourth-order valence-electron chi connectivity index (χ4n) is 1.81. The summed E-state index contributed by atoms with van der Waals surface area (Å²) in [6, 6.07) is 8.53. The molecule has 0 fully saturated rings. The summed E-state index contributed by atoms with van der Waals surface area (Å²) in [7, 11) is 0. The zero-order valence-electron chi connectivity index (χ0n) is 11.5. The lowest BCUT2D eigenvalue weighted by atomic mass is 10.2. The smallest absolute Gasteiger partial charge is 0.376 e. The van der Waals surface area contributed by atoms with Crippen LogP contribution in [0.2, 0.25) is 5.02 Å². The number of halogens is 5. The highest BCUT2D eigenvalue weighted by atomic mass is 35.5. The van der Waals surface area contributed by atoms with Crippen LogP contribution in [-0.2, 0) is 11.0 Å². The molecule has 0 aliphatic heterocycles. The Kier molecular flexibility index (Phi) is 5.10. The van der Waals surface area contributed by atoms with E-state index < -0.39 is 28.5 Å². The van der Waals surface area contributed by atoms with E-state index in [4.69, 9.17) is 11.6 Å². The van der Waals surface area contributed by atoms with Gasteiger partial charge in [-0.05, 0) is 36.4 Å². The molecule has 2 rings (SSSR count). The molecule has 2 aromatic carbocycles. The largest absolute Gasteiger partial charge is 0.417 e. The average molecular weight is 347 g/mol. The molecule has 8 heteroatoms. The molecule has 23 heavy (non-hydrogen) atoms. The van der Waals surface area contributed by atoms with Gasteiger partial charge in [-0.25, -0.2) is 4.39 Å². The second-order valence-electron chi connectivity index (χ2n) is 4.60. The van der Waals surface area contributed by atoms with E-state index in [1.54, 1.807) is 6.07 Å². The van der Waals surface area contributed by atoms with E-state index in [1.165, 1.54) is 24.3 Å². The fourth-order valence-corrected chi connectivity index (χ4v) is 2.03. The molecular formula is C15H11ClF4N2O. The third kappa shape index (κ3) is 4.85. The van der Waals surface area contributed by atoms with Gasteiger partial charge < -0.3 is 10.6 Å². The number of amides is 1. The van der Waals surface area contributed by atoms with E-state index in [0.717, 1.165) is 12.1 Å². The number of carbonyl (C=O) groups excluding carboxylic acids is 1. The van der Waals surface area contributed by atoms with E-state index >= 15 is 0 Å². The minimum atomic E-state index is -4.61. The van der Waals surface area contributed by atoms with Crippen molar-refractivity contribution in [2.45, 2.75) is 6.18 Å². The van der Waals surface area contributed by atoms with Crippen molar-refractivity contribution in [2.24, 2.45) is 0 Å². The molecule has 0 radical (unpaired) electrons. The molecule has 0 unspecified atom stereocenters. The van der Waals surface area contributed by atoms with Gasteiger partial charge in [0.25, 0.3) is 0 Å². The number of rotatable bonds is 4. The Labute approximate surface area is 134 Å². The number of hydrogen-bond acceptors (Lipinski definition) is 2.